The summed E-state index contributed by atoms with van der Waals surface area (Å²) in [6.45, 7) is 9.65. The molecule has 5 rings (SSSR count). The molecule has 0 saturated heterocycles. The van der Waals surface area contributed by atoms with Crippen molar-refractivity contribution in [1.29, 1.82) is 0 Å². The van der Waals surface area contributed by atoms with Crippen LogP contribution in [0.2, 0.25) is 0 Å². The number of benzene rings is 1. The van der Waals surface area contributed by atoms with Crippen LogP contribution in [0.1, 0.15) is 101 Å². The lowest BCUT2D eigenvalue weighted by atomic mass is 9.70. The van der Waals surface area contributed by atoms with Crippen LogP contribution in [0.4, 0.5) is 0 Å². The molecule has 6 heteroatoms. The quantitative estimate of drug-likeness (QED) is 0.463. The molecule has 4 atom stereocenters. The van der Waals surface area contributed by atoms with Gasteiger partial charge < -0.3 is 20.1 Å². The molecule has 1 aromatic rings. The Bertz CT molecular complexity index is 1020. The van der Waals surface area contributed by atoms with E-state index in [-0.39, 0.29) is 35.3 Å². The van der Waals surface area contributed by atoms with E-state index in [9.17, 15) is 9.59 Å². The number of carbonyl (C=O) groups excluding carboxylic acids is 2. The number of hydrogen-bond donors (Lipinski definition) is 2. The molecule has 1 aromatic carbocycles. The van der Waals surface area contributed by atoms with Gasteiger partial charge in [-0.25, -0.2) is 0 Å². The van der Waals surface area contributed by atoms with Gasteiger partial charge in [0, 0.05) is 12.6 Å². The molecule has 4 aliphatic rings. The van der Waals surface area contributed by atoms with Crippen molar-refractivity contribution >= 4 is 11.8 Å². The third-order valence-electron chi connectivity index (χ3n) is 10.1. The number of carbonyl (C=O) groups is 2. The molecule has 4 saturated carbocycles. The van der Waals surface area contributed by atoms with Gasteiger partial charge in [-0.2, -0.15) is 0 Å². The Hall–Kier alpha value is -2.24. The molecule has 0 unspecified atom stereocenters. The zero-order valence-corrected chi connectivity index (χ0v) is 23.5. The fourth-order valence-corrected chi connectivity index (χ4v) is 7.29. The number of methoxy groups -OCH3 is 1. The Kier molecular flexibility index (Phi) is 7.23. The van der Waals surface area contributed by atoms with Crippen LogP contribution in [0.25, 0.3) is 0 Å². The average molecular weight is 511 g/mol. The van der Waals surface area contributed by atoms with Crippen LogP contribution in [0.15, 0.2) is 12.1 Å². The summed E-state index contributed by atoms with van der Waals surface area (Å²) in [5.74, 6) is 1.82. The maximum atomic E-state index is 13.7. The van der Waals surface area contributed by atoms with Crippen LogP contribution in [-0.2, 0) is 4.79 Å². The summed E-state index contributed by atoms with van der Waals surface area (Å²) < 4.78 is 12.0. The number of fused-ring (bicyclic) bond motifs is 2. The van der Waals surface area contributed by atoms with Crippen LogP contribution >= 0.6 is 0 Å². The van der Waals surface area contributed by atoms with Crippen molar-refractivity contribution in [3.8, 4) is 11.5 Å². The van der Waals surface area contributed by atoms with Crippen molar-refractivity contribution < 1.29 is 19.1 Å². The second-order valence-corrected chi connectivity index (χ2v) is 13.5. The van der Waals surface area contributed by atoms with Crippen molar-refractivity contribution in [2.45, 2.75) is 104 Å². The Morgan fingerprint density at radius 2 is 1.68 bits per heavy atom. The van der Waals surface area contributed by atoms with E-state index in [4.69, 9.17) is 9.47 Å². The molecule has 0 aromatic heterocycles. The van der Waals surface area contributed by atoms with Gasteiger partial charge in [0.2, 0.25) is 5.91 Å². The van der Waals surface area contributed by atoms with Gasteiger partial charge in [-0.05, 0) is 105 Å². The first-order valence-electron chi connectivity index (χ1n) is 14.5. The van der Waals surface area contributed by atoms with Crippen LogP contribution in [0.5, 0.6) is 11.5 Å². The number of amides is 2. The predicted octanol–water partition coefficient (Wildman–Crippen LogP) is 5.80. The average Bonchev–Trinajstić information content (AvgIpc) is 3.45. The molecule has 2 bridgehead atoms. The lowest BCUT2D eigenvalue weighted by Gasteiger charge is -2.39. The third kappa shape index (κ3) is 5.49. The highest BCUT2D eigenvalue weighted by Crippen LogP contribution is 2.49. The summed E-state index contributed by atoms with van der Waals surface area (Å²) in [6, 6.07) is 3.63. The molecule has 0 aliphatic heterocycles. The van der Waals surface area contributed by atoms with Crippen LogP contribution in [0, 0.1) is 35.5 Å². The summed E-state index contributed by atoms with van der Waals surface area (Å²) in [4.78, 5) is 27.0. The van der Waals surface area contributed by atoms with Crippen LogP contribution in [0.3, 0.4) is 0 Å². The minimum atomic E-state index is -0.173. The summed E-state index contributed by atoms with van der Waals surface area (Å²) in [5, 5.41) is 6.53. The highest BCUT2D eigenvalue weighted by atomic mass is 16.5. The lowest BCUT2D eigenvalue weighted by molar-refractivity contribution is -0.128. The zero-order chi connectivity index (χ0) is 26.4. The van der Waals surface area contributed by atoms with Gasteiger partial charge in [-0.1, -0.05) is 27.2 Å². The maximum Gasteiger partial charge on any atom is 0.255 e. The van der Waals surface area contributed by atoms with Crippen LogP contribution < -0.4 is 20.1 Å². The van der Waals surface area contributed by atoms with Crippen molar-refractivity contribution in [3.05, 3.63) is 23.3 Å². The number of hydrogen-bond acceptors (Lipinski definition) is 4. The highest BCUT2D eigenvalue weighted by Gasteiger charge is 2.51. The Morgan fingerprint density at radius 3 is 2.32 bits per heavy atom. The van der Waals surface area contributed by atoms with E-state index >= 15 is 0 Å². The molecule has 37 heavy (non-hydrogen) atoms. The Balaban J connectivity index is 1.29. The monoisotopic (exact) mass is 510 g/mol. The van der Waals surface area contributed by atoms with E-state index in [0.717, 1.165) is 62.8 Å². The second-order valence-electron chi connectivity index (χ2n) is 13.5. The van der Waals surface area contributed by atoms with E-state index < -0.39 is 0 Å². The highest BCUT2D eigenvalue weighted by molar-refractivity contribution is 5.98. The SMILES string of the molecule is COc1cc(C)c(OC2CCC(C)(C)CC2)cc1C(=O)N[C@@H]1[C@H]2CC[C@H](C2)[C@@H]1C(=O)NCC1(C)CCC1. The zero-order valence-electron chi connectivity index (χ0n) is 23.5. The number of rotatable bonds is 8. The minimum absolute atomic E-state index is 0.116. The Morgan fingerprint density at radius 1 is 0.973 bits per heavy atom. The third-order valence-corrected chi connectivity index (χ3v) is 10.1. The molecule has 2 N–H and O–H groups in total. The number of nitrogens with one attached hydrogen (secondary N) is 2. The van der Waals surface area contributed by atoms with Gasteiger partial charge in [0.25, 0.3) is 5.91 Å². The standard InChI is InChI=1S/C31H46N2O4/c1-19-15-25(36-5)23(17-24(19)37-22-9-13-30(2,3)14-10-22)28(34)33-27-21-8-7-20(16-21)26(27)29(35)32-18-31(4)11-6-12-31/h15,17,20-22,26-27H,6-14,16,18H2,1-5H3,(H,32,35)(H,33,34)/t20-,21+,26+,27-/m1/s1. The maximum absolute atomic E-state index is 13.7. The van der Waals surface area contributed by atoms with Crippen molar-refractivity contribution in [3.63, 3.8) is 0 Å². The first-order chi connectivity index (χ1) is 17.6. The normalized spacial score (nSPS) is 29.9. The fraction of sp³-hybridized carbons (Fsp3) is 0.742. The predicted molar refractivity (Wildman–Crippen MR) is 145 cm³/mol. The largest absolute Gasteiger partial charge is 0.496 e. The molecule has 4 fully saturated rings. The molecule has 2 amide bonds. The van der Waals surface area contributed by atoms with E-state index in [1.54, 1.807) is 7.11 Å². The number of aryl methyl sites for hydroxylation is 1. The first kappa shape index (κ1) is 26.4. The molecule has 204 valence electrons. The number of ether oxygens (including phenoxy) is 2. The van der Waals surface area contributed by atoms with Gasteiger partial charge in [0.15, 0.2) is 0 Å². The lowest BCUT2D eigenvalue weighted by Crippen LogP contribution is -2.51. The summed E-state index contributed by atoms with van der Waals surface area (Å²) in [6.07, 6.45) is 11.3. The van der Waals surface area contributed by atoms with Gasteiger partial charge in [0.05, 0.1) is 24.7 Å². The van der Waals surface area contributed by atoms with E-state index in [0.29, 0.717) is 28.6 Å². The van der Waals surface area contributed by atoms with E-state index in [2.05, 4.69) is 31.4 Å². The van der Waals surface area contributed by atoms with Gasteiger partial charge in [0.1, 0.15) is 11.5 Å². The van der Waals surface area contributed by atoms with Crippen LogP contribution in [-0.4, -0.2) is 37.6 Å². The molecule has 0 heterocycles. The van der Waals surface area contributed by atoms with Crippen molar-refractivity contribution in [1.82, 2.24) is 10.6 Å². The summed E-state index contributed by atoms with van der Waals surface area (Å²) in [7, 11) is 1.60. The van der Waals surface area contributed by atoms with E-state index in [1.807, 2.05) is 19.1 Å². The molecule has 4 aliphatic carbocycles. The van der Waals surface area contributed by atoms with Crippen molar-refractivity contribution in [2.75, 3.05) is 13.7 Å². The van der Waals surface area contributed by atoms with Gasteiger partial charge >= 0.3 is 0 Å². The van der Waals surface area contributed by atoms with Crippen molar-refractivity contribution in [2.24, 2.45) is 28.6 Å². The smallest absolute Gasteiger partial charge is 0.255 e. The van der Waals surface area contributed by atoms with Gasteiger partial charge in [-0.3, -0.25) is 9.59 Å². The molecule has 0 spiro atoms. The summed E-state index contributed by atoms with van der Waals surface area (Å²) >= 11 is 0. The summed E-state index contributed by atoms with van der Waals surface area (Å²) in [5.41, 5.74) is 2.08. The Labute approximate surface area is 222 Å². The molecular weight excluding hydrogens is 464 g/mol. The fourth-order valence-electron chi connectivity index (χ4n) is 7.29. The first-order valence-corrected chi connectivity index (χ1v) is 14.5. The topological polar surface area (TPSA) is 76.7 Å². The second kappa shape index (κ2) is 10.1. The minimum Gasteiger partial charge on any atom is -0.496 e. The molecule has 6 nitrogen and oxygen atoms in total. The van der Waals surface area contributed by atoms with Gasteiger partial charge in [-0.15, -0.1) is 0 Å². The molecule has 0 radical (unpaired) electrons. The molecular formula is C31H46N2O4. The van der Waals surface area contributed by atoms with E-state index in [1.165, 1.54) is 19.3 Å².